The van der Waals surface area contributed by atoms with Crippen LogP contribution in [-0.2, 0) is 10.0 Å². The molecule has 0 atom stereocenters. The lowest BCUT2D eigenvalue weighted by Crippen LogP contribution is -2.48. The molecule has 32 heavy (non-hydrogen) atoms. The van der Waals surface area contributed by atoms with Gasteiger partial charge in [0.15, 0.2) is 0 Å². The Hall–Kier alpha value is -2.65. The van der Waals surface area contributed by atoms with E-state index in [-0.39, 0.29) is 22.2 Å². The normalized spacial score (nSPS) is 17.9. The molecular weight excluding hydrogens is 433 g/mol. The number of amides is 1. The van der Waals surface area contributed by atoms with Crippen LogP contribution in [0.2, 0.25) is 0 Å². The van der Waals surface area contributed by atoms with Crippen LogP contribution in [0.5, 0.6) is 5.75 Å². The smallest absolute Gasteiger partial charge is 0.257 e. The molecule has 9 heteroatoms. The van der Waals surface area contributed by atoms with Crippen molar-refractivity contribution in [1.29, 1.82) is 0 Å². The summed E-state index contributed by atoms with van der Waals surface area (Å²) in [6.45, 7) is 2.96. The fourth-order valence-corrected chi connectivity index (χ4v) is 5.72. The predicted molar refractivity (Wildman–Crippen MR) is 120 cm³/mol. The molecular formula is C23H28FN3O4S. The Morgan fingerprint density at radius 1 is 0.906 bits per heavy atom. The number of halogens is 1. The molecule has 2 aliphatic heterocycles. The third kappa shape index (κ3) is 4.59. The summed E-state index contributed by atoms with van der Waals surface area (Å²) in [4.78, 5) is 17.0. The van der Waals surface area contributed by atoms with E-state index in [2.05, 4.69) is 0 Å². The molecule has 0 aliphatic carbocycles. The second-order valence-electron chi connectivity index (χ2n) is 8.08. The monoisotopic (exact) mass is 461 g/mol. The average molecular weight is 462 g/mol. The van der Waals surface area contributed by atoms with Gasteiger partial charge in [-0.25, -0.2) is 12.8 Å². The van der Waals surface area contributed by atoms with Gasteiger partial charge in [0.05, 0.1) is 17.6 Å². The fourth-order valence-electron chi connectivity index (χ4n) is 4.27. The van der Waals surface area contributed by atoms with Gasteiger partial charge >= 0.3 is 0 Å². The number of piperazine rings is 1. The van der Waals surface area contributed by atoms with Crippen molar-refractivity contribution in [3.63, 3.8) is 0 Å². The maximum Gasteiger partial charge on any atom is 0.257 e. The zero-order chi connectivity index (χ0) is 22.7. The van der Waals surface area contributed by atoms with Crippen LogP contribution < -0.4 is 9.64 Å². The first-order valence-electron chi connectivity index (χ1n) is 10.9. The van der Waals surface area contributed by atoms with E-state index in [1.165, 1.54) is 35.7 Å². The summed E-state index contributed by atoms with van der Waals surface area (Å²) in [7, 11) is -2.29. The number of methoxy groups -OCH3 is 1. The van der Waals surface area contributed by atoms with Gasteiger partial charge in [-0.15, -0.1) is 0 Å². The Morgan fingerprint density at radius 3 is 2.19 bits per heavy atom. The molecule has 0 N–H and O–H groups in total. The Labute approximate surface area is 188 Å². The summed E-state index contributed by atoms with van der Waals surface area (Å²) in [5.41, 5.74) is 1.14. The standard InChI is InChI=1S/C23H28FN3O4S/c1-31-22-10-9-20(17-21(22)23(28)26-11-3-2-4-12-26)32(29,30)27-15-13-25(14-16-27)19-7-5-18(24)6-8-19/h5-10,17H,2-4,11-16H2,1H3. The Bertz CT molecular complexity index is 1060. The van der Waals surface area contributed by atoms with Crippen molar-refractivity contribution in [3.8, 4) is 5.75 Å². The molecule has 0 radical (unpaired) electrons. The lowest BCUT2D eigenvalue weighted by Gasteiger charge is -2.35. The molecule has 1 amide bonds. The zero-order valence-electron chi connectivity index (χ0n) is 18.2. The summed E-state index contributed by atoms with van der Waals surface area (Å²) in [5.74, 6) is -0.121. The van der Waals surface area contributed by atoms with Gasteiger partial charge in [0.25, 0.3) is 5.91 Å². The largest absolute Gasteiger partial charge is 0.496 e. The van der Waals surface area contributed by atoms with E-state index in [0.29, 0.717) is 45.0 Å². The highest BCUT2D eigenvalue weighted by Gasteiger charge is 2.31. The molecule has 172 valence electrons. The van der Waals surface area contributed by atoms with Crippen molar-refractivity contribution in [3.05, 3.63) is 53.8 Å². The van der Waals surface area contributed by atoms with Crippen molar-refractivity contribution in [2.75, 3.05) is 51.3 Å². The number of rotatable bonds is 5. The lowest BCUT2D eigenvalue weighted by atomic mass is 10.1. The molecule has 2 aliphatic rings. The third-order valence-corrected chi connectivity index (χ3v) is 8.01. The quantitative estimate of drug-likeness (QED) is 0.685. The molecule has 2 heterocycles. The van der Waals surface area contributed by atoms with Gasteiger partial charge in [0, 0.05) is 45.0 Å². The van der Waals surface area contributed by atoms with Crippen LogP contribution in [0.4, 0.5) is 10.1 Å². The van der Waals surface area contributed by atoms with E-state index < -0.39 is 10.0 Å². The Balaban J connectivity index is 1.52. The van der Waals surface area contributed by atoms with E-state index in [4.69, 9.17) is 4.74 Å². The second kappa shape index (κ2) is 9.46. The molecule has 0 saturated carbocycles. The molecule has 0 aromatic heterocycles. The molecule has 7 nitrogen and oxygen atoms in total. The van der Waals surface area contributed by atoms with Crippen LogP contribution in [-0.4, -0.2) is 69.9 Å². The number of likely N-dealkylation sites (tertiary alicyclic amines) is 1. The summed E-state index contributed by atoms with van der Waals surface area (Å²) < 4.78 is 46.6. The van der Waals surface area contributed by atoms with Crippen LogP contribution in [0.3, 0.4) is 0 Å². The van der Waals surface area contributed by atoms with E-state index in [9.17, 15) is 17.6 Å². The zero-order valence-corrected chi connectivity index (χ0v) is 19.0. The number of hydrogen-bond donors (Lipinski definition) is 0. The third-order valence-electron chi connectivity index (χ3n) is 6.11. The van der Waals surface area contributed by atoms with Gasteiger partial charge < -0.3 is 14.5 Å². The summed E-state index contributed by atoms with van der Waals surface area (Å²) in [5, 5.41) is 0. The first kappa shape index (κ1) is 22.5. The number of ether oxygens (including phenoxy) is 1. The van der Waals surface area contributed by atoms with Gasteiger partial charge in [-0.05, 0) is 61.7 Å². The molecule has 0 bridgehead atoms. The topological polar surface area (TPSA) is 70.2 Å². The first-order valence-corrected chi connectivity index (χ1v) is 12.3. The van der Waals surface area contributed by atoms with Gasteiger partial charge in [-0.3, -0.25) is 4.79 Å². The van der Waals surface area contributed by atoms with E-state index in [0.717, 1.165) is 24.9 Å². The molecule has 2 aromatic rings. The summed E-state index contributed by atoms with van der Waals surface area (Å²) in [6, 6.07) is 10.7. The van der Waals surface area contributed by atoms with Gasteiger partial charge in [-0.2, -0.15) is 4.31 Å². The molecule has 0 unspecified atom stereocenters. The van der Waals surface area contributed by atoms with Crippen LogP contribution >= 0.6 is 0 Å². The maximum absolute atomic E-state index is 13.3. The lowest BCUT2D eigenvalue weighted by molar-refractivity contribution is 0.0720. The number of hydrogen-bond acceptors (Lipinski definition) is 5. The molecule has 4 rings (SSSR count). The number of carbonyl (C=O) groups is 1. The number of nitrogens with zero attached hydrogens (tertiary/aromatic N) is 3. The number of piperidine rings is 1. The Morgan fingerprint density at radius 2 is 1.56 bits per heavy atom. The SMILES string of the molecule is COc1ccc(S(=O)(=O)N2CCN(c3ccc(F)cc3)CC2)cc1C(=O)N1CCCCC1. The van der Waals surface area contributed by atoms with Crippen LogP contribution in [0.1, 0.15) is 29.6 Å². The minimum Gasteiger partial charge on any atom is -0.496 e. The van der Waals surface area contributed by atoms with Crippen molar-refractivity contribution in [1.82, 2.24) is 9.21 Å². The highest BCUT2D eigenvalue weighted by Crippen LogP contribution is 2.28. The predicted octanol–water partition coefficient (Wildman–Crippen LogP) is 2.97. The van der Waals surface area contributed by atoms with Crippen LogP contribution in [0, 0.1) is 5.82 Å². The second-order valence-corrected chi connectivity index (χ2v) is 10.0. The number of sulfonamides is 1. The fraction of sp³-hybridized carbons (Fsp3) is 0.435. The average Bonchev–Trinajstić information content (AvgIpc) is 2.84. The minimum absolute atomic E-state index is 0.0916. The first-order chi connectivity index (χ1) is 15.4. The van der Waals surface area contributed by atoms with Crippen molar-refractivity contribution >= 4 is 21.6 Å². The van der Waals surface area contributed by atoms with E-state index in [1.807, 2.05) is 4.90 Å². The maximum atomic E-state index is 13.3. The molecule has 2 aromatic carbocycles. The molecule has 0 spiro atoms. The summed E-state index contributed by atoms with van der Waals surface area (Å²) in [6.07, 6.45) is 2.99. The van der Waals surface area contributed by atoms with Crippen molar-refractivity contribution in [2.45, 2.75) is 24.2 Å². The van der Waals surface area contributed by atoms with Gasteiger partial charge in [-0.1, -0.05) is 0 Å². The number of anilines is 1. The van der Waals surface area contributed by atoms with E-state index >= 15 is 0 Å². The molecule has 2 saturated heterocycles. The van der Waals surface area contributed by atoms with Crippen molar-refractivity contribution in [2.24, 2.45) is 0 Å². The van der Waals surface area contributed by atoms with Crippen molar-refractivity contribution < 1.29 is 22.3 Å². The van der Waals surface area contributed by atoms with Crippen LogP contribution in [0.25, 0.3) is 0 Å². The molecule has 2 fully saturated rings. The van der Waals surface area contributed by atoms with E-state index in [1.54, 1.807) is 23.1 Å². The minimum atomic E-state index is -3.77. The Kier molecular flexibility index (Phi) is 6.66. The number of carbonyl (C=O) groups excluding carboxylic acids is 1. The number of benzene rings is 2. The highest BCUT2D eigenvalue weighted by atomic mass is 32.2. The van der Waals surface area contributed by atoms with Gasteiger partial charge in [0.1, 0.15) is 11.6 Å². The highest BCUT2D eigenvalue weighted by molar-refractivity contribution is 7.89. The van der Waals surface area contributed by atoms with Crippen LogP contribution in [0.15, 0.2) is 47.4 Å². The summed E-state index contributed by atoms with van der Waals surface area (Å²) >= 11 is 0. The van der Waals surface area contributed by atoms with Gasteiger partial charge in [0.2, 0.25) is 10.0 Å².